The monoisotopic (exact) mass is 863 g/mol. The number of nitrogens with zero attached hydrogens (tertiary/aromatic N) is 3. The van der Waals surface area contributed by atoms with Crippen LogP contribution < -0.4 is 14.5 Å². The summed E-state index contributed by atoms with van der Waals surface area (Å²) >= 11 is 0. The highest BCUT2D eigenvalue weighted by Crippen LogP contribution is 2.53. The van der Waals surface area contributed by atoms with E-state index >= 15 is 0 Å². The first-order valence-corrected chi connectivity index (χ1v) is 23.6. The van der Waals surface area contributed by atoms with Gasteiger partial charge < -0.3 is 19.1 Å². The van der Waals surface area contributed by atoms with E-state index in [0.29, 0.717) is 0 Å². The molecule has 3 aliphatic carbocycles. The molecular weight excluding hydrogens is 815 g/mol. The number of aromatic nitrogens is 1. The van der Waals surface area contributed by atoms with E-state index in [-0.39, 0.29) is 17.4 Å². The van der Waals surface area contributed by atoms with Crippen LogP contribution in [0.1, 0.15) is 49.3 Å². The molecule has 0 radical (unpaired) electrons. The molecule has 9 aromatic rings. The summed E-state index contributed by atoms with van der Waals surface area (Å²) in [5, 5.41) is 2.46. The molecule has 0 spiro atoms. The number of anilines is 4. The molecule has 0 bridgehead atoms. The average Bonchev–Trinajstić information content (AvgIpc) is 4.00. The molecule has 67 heavy (non-hydrogen) atoms. The molecule has 0 amide bonds. The van der Waals surface area contributed by atoms with E-state index in [4.69, 9.17) is 4.74 Å². The first-order valence-electron chi connectivity index (χ1n) is 23.6. The van der Waals surface area contributed by atoms with Crippen molar-refractivity contribution in [2.24, 2.45) is 0 Å². The lowest BCUT2D eigenvalue weighted by molar-refractivity contribution is 0.418. The summed E-state index contributed by atoms with van der Waals surface area (Å²) in [6.07, 6.45) is 11.4. The Morgan fingerprint density at radius 3 is 2.09 bits per heavy atom. The van der Waals surface area contributed by atoms with Gasteiger partial charge in [-0.2, -0.15) is 0 Å². The van der Waals surface area contributed by atoms with E-state index in [2.05, 4.69) is 253 Å². The van der Waals surface area contributed by atoms with Gasteiger partial charge >= 0.3 is 0 Å². The van der Waals surface area contributed by atoms with E-state index < -0.39 is 0 Å². The smallest absolute Gasteiger partial charge is 0.136 e. The van der Waals surface area contributed by atoms with Crippen molar-refractivity contribution in [1.29, 1.82) is 0 Å². The van der Waals surface area contributed by atoms with Gasteiger partial charge in [0.25, 0.3) is 0 Å². The molecule has 4 heteroatoms. The second-order valence-electron chi connectivity index (χ2n) is 18.8. The fourth-order valence-electron chi connectivity index (χ4n) is 11.5. The third kappa shape index (κ3) is 6.35. The largest absolute Gasteiger partial charge is 0.459 e. The maximum atomic E-state index is 6.88. The average molecular weight is 864 g/mol. The van der Waals surface area contributed by atoms with Gasteiger partial charge in [-0.25, -0.2) is 0 Å². The van der Waals surface area contributed by atoms with Crippen molar-refractivity contribution in [3.8, 4) is 22.6 Å². The zero-order valence-electron chi connectivity index (χ0n) is 37.7. The maximum Gasteiger partial charge on any atom is 0.136 e. The van der Waals surface area contributed by atoms with Gasteiger partial charge in [0.15, 0.2) is 0 Å². The Hall–Kier alpha value is -8.08. The Morgan fingerprint density at radius 2 is 1.25 bits per heavy atom. The minimum absolute atomic E-state index is 0.0583. The summed E-state index contributed by atoms with van der Waals surface area (Å²) in [5.41, 5.74) is 17.9. The van der Waals surface area contributed by atoms with E-state index in [1.54, 1.807) is 0 Å². The highest BCUT2D eigenvalue weighted by Gasteiger charge is 2.41. The van der Waals surface area contributed by atoms with Crippen molar-refractivity contribution in [2.75, 3.05) is 9.80 Å². The van der Waals surface area contributed by atoms with Gasteiger partial charge in [-0.15, -0.1) is 0 Å². The normalized spacial score (nSPS) is 17.6. The van der Waals surface area contributed by atoms with Gasteiger partial charge in [-0.05, 0) is 131 Å². The van der Waals surface area contributed by atoms with Crippen molar-refractivity contribution >= 4 is 50.1 Å². The summed E-state index contributed by atoms with van der Waals surface area (Å²) in [5.74, 6) is 2.08. The van der Waals surface area contributed by atoms with Crippen molar-refractivity contribution in [2.45, 2.75) is 44.1 Å². The minimum atomic E-state index is -0.120. The van der Waals surface area contributed by atoms with Crippen LogP contribution in [-0.2, 0) is 5.41 Å². The zero-order chi connectivity index (χ0) is 44.6. The van der Waals surface area contributed by atoms with E-state index in [1.807, 2.05) is 0 Å². The number of allylic oxidation sites excluding steroid dienone is 5. The van der Waals surface area contributed by atoms with Crippen LogP contribution in [0.3, 0.4) is 0 Å². The maximum absolute atomic E-state index is 6.88. The fraction of sp³-hybridized carbons (Fsp3) is 0.111. The predicted octanol–water partition coefficient (Wildman–Crippen LogP) is 16.1. The van der Waals surface area contributed by atoms with Gasteiger partial charge in [-0.3, -0.25) is 0 Å². The Bertz CT molecular complexity index is 3540. The quantitative estimate of drug-likeness (QED) is 0.152. The lowest BCUT2D eigenvalue weighted by Gasteiger charge is -2.37. The van der Waals surface area contributed by atoms with E-state index in [1.165, 1.54) is 49.6 Å². The standard InChI is InChI=1S/C63H49N3O/c1-63(2)56-29-15-12-25-50(56)51-35-34-47(41-57(51)63)64(44-19-6-3-7-20-44)48-37-43(42-33-36-59-55(39-42)52-26-13-16-30-58(52)66(59)46-23-10-5-11-24-46)38-49(40-48)65(45-21-8-4-9-22-45)60-31-18-28-54-53-27-14-17-32-61(53)67-62(54)60/h3-27,29-33,35-41,47,54H,28,34H2,1-2H3. The first kappa shape index (κ1) is 39.3. The van der Waals surface area contributed by atoms with Crippen LogP contribution in [0.2, 0.25) is 0 Å². The second kappa shape index (κ2) is 15.5. The Labute approximate surface area is 392 Å². The van der Waals surface area contributed by atoms with Crippen molar-refractivity contribution < 1.29 is 4.74 Å². The molecule has 0 fully saturated rings. The van der Waals surface area contributed by atoms with Gasteiger partial charge in [0.1, 0.15) is 11.5 Å². The van der Waals surface area contributed by atoms with Crippen molar-refractivity contribution in [3.63, 3.8) is 0 Å². The minimum Gasteiger partial charge on any atom is -0.459 e. The van der Waals surface area contributed by atoms with Gasteiger partial charge in [-0.1, -0.05) is 153 Å². The molecule has 1 aromatic heterocycles. The number of hydrogen-bond acceptors (Lipinski definition) is 3. The summed E-state index contributed by atoms with van der Waals surface area (Å²) in [6, 6.07) is 73.1. The SMILES string of the molecule is CC1(C)C2=CC(N(c3ccccc3)c3cc(-c4ccc5c(c4)c4ccccc4n5-c4ccccc4)cc(N(C4=C5Oc6ccccc6C5CC=C4)c4ccccc4)c3)CC=C2c2ccccc21. The van der Waals surface area contributed by atoms with Crippen molar-refractivity contribution in [1.82, 2.24) is 4.57 Å². The number of fused-ring (bicyclic) bond motifs is 9. The zero-order valence-corrected chi connectivity index (χ0v) is 37.7. The van der Waals surface area contributed by atoms with Crippen LogP contribution in [0, 0.1) is 0 Å². The van der Waals surface area contributed by atoms with E-state index in [9.17, 15) is 0 Å². The molecule has 0 N–H and O–H groups in total. The first-order chi connectivity index (χ1) is 33.0. The highest BCUT2D eigenvalue weighted by atomic mass is 16.5. The summed E-state index contributed by atoms with van der Waals surface area (Å²) < 4.78 is 9.27. The molecule has 2 atom stereocenters. The molecule has 0 saturated carbocycles. The van der Waals surface area contributed by atoms with E-state index in [0.717, 1.165) is 69.6 Å². The van der Waals surface area contributed by atoms with Crippen LogP contribution in [0.25, 0.3) is 44.2 Å². The van der Waals surface area contributed by atoms with Crippen LogP contribution in [0.15, 0.2) is 242 Å². The van der Waals surface area contributed by atoms with Gasteiger partial charge in [0, 0.05) is 50.2 Å². The van der Waals surface area contributed by atoms with Crippen LogP contribution >= 0.6 is 0 Å². The number of ether oxygens (including phenoxy) is 1. The summed E-state index contributed by atoms with van der Waals surface area (Å²) in [7, 11) is 0. The number of benzene rings is 8. The molecular formula is C63H49N3O. The van der Waals surface area contributed by atoms with Crippen LogP contribution in [0.5, 0.6) is 5.75 Å². The lowest BCUT2D eigenvalue weighted by atomic mass is 9.79. The molecule has 322 valence electrons. The van der Waals surface area contributed by atoms with Crippen LogP contribution in [-0.4, -0.2) is 10.6 Å². The Kier molecular flexibility index (Phi) is 9.11. The predicted molar refractivity (Wildman–Crippen MR) is 278 cm³/mol. The second-order valence-corrected chi connectivity index (χ2v) is 18.8. The van der Waals surface area contributed by atoms with Crippen molar-refractivity contribution in [3.05, 3.63) is 258 Å². The lowest BCUT2D eigenvalue weighted by Crippen LogP contribution is -2.32. The van der Waals surface area contributed by atoms with Gasteiger partial charge in [0.05, 0.1) is 28.7 Å². The third-order valence-electron chi connectivity index (χ3n) is 14.6. The number of rotatable bonds is 8. The number of para-hydroxylation sites is 5. The molecule has 13 rings (SSSR count). The molecule has 1 aliphatic heterocycles. The highest BCUT2D eigenvalue weighted by molar-refractivity contribution is 6.10. The van der Waals surface area contributed by atoms with Crippen LogP contribution in [0.4, 0.5) is 22.7 Å². The molecule has 0 saturated heterocycles. The van der Waals surface area contributed by atoms with Gasteiger partial charge in [0.2, 0.25) is 0 Å². The number of hydrogen-bond donors (Lipinski definition) is 0. The topological polar surface area (TPSA) is 20.6 Å². The third-order valence-corrected chi connectivity index (χ3v) is 14.6. The summed E-state index contributed by atoms with van der Waals surface area (Å²) in [4.78, 5) is 5.00. The fourth-order valence-corrected chi connectivity index (χ4v) is 11.5. The Morgan fingerprint density at radius 1 is 0.567 bits per heavy atom. The molecule has 4 nitrogen and oxygen atoms in total. The molecule has 4 aliphatic rings. The molecule has 2 unspecified atom stereocenters. The molecule has 2 heterocycles. The Balaban J connectivity index is 1.05. The summed E-state index contributed by atoms with van der Waals surface area (Å²) in [6.45, 7) is 4.77. The molecule has 8 aromatic carbocycles.